The second kappa shape index (κ2) is 9.45. The van der Waals surface area contributed by atoms with Crippen LogP contribution in [0.2, 0.25) is 0 Å². The molecule has 0 aliphatic rings. The maximum absolute atomic E-state index is 10.6. The first-order valence-electron chi connectivity index (χ1n) is 9.95. The minimum absolute atomic E-state index is 0.118. The Balaban J connectivity index is 2.71. The van der Waals surface area contributed by atoms with Gasteiger partial charge in [-0.2, -0.15) is 0 Å². The molecule has 144 valence electrons. The van der Waals surface area contributed by atoms with Crippen LogP contribution in [0.4, 0.5) is 0 Å². The van der Waals surface area contributed by atoms with Gasteiger partial charge in [0.1, 0.15) is 11.5 Å². The third-order valence-electron chi connectivity index (χ3n) is 5.39. The minimum atomic E-state index is 0.118. The molecule has 0 aliphatic heterocycles. The lowest BCUT2D eigenvalue weighted by molar-refractivity contribution is 0.462. The van der Waals surface area contributed by atoms with Crippen molar-refractivity contribution in [1.29, 1.82) is 0 Å². The third kappa shape index (κ3) is 4.27. The number of hydrogen-bond donors (Lipinski definition) is 2. The molecule has 2 unspecified atom stereocenters. The molecular weight excluding hydrogens is 332 g/mol. The standard InChI is InChI=1S/C25H32O2/c1-6-11-21-20(13-15-24(27)25(21)18(9-4)10-5)19-12-14-23(26)22(16-19)17(7-2)8-3/h7,9,12-18,26-27H,2,4,6,8,10-11H2,1,3,5H3. The van der Waals surface area contributed by atoms with Gasteiger partial charge in [-0.05, 0) is 54.2 Å². The third-order valence-corrected chi connectivity index (χ3v) is 5.39. The van der Waals surface area contributed by atoms with E-state index >= 15 is 0 Å². The van der Waals surface area contributed by atoms with Crippen LogP contribution < -0.4 is 0 Å². The maximum Gasteiger partial charge on any atom is 0.119 e. The Morgan fingerprint density at radius 3 is 2.07 bits per heavy atom. The summed E-state index contributed by atoms with van der Waals surface area (Å²) in [5.41, 5.74) is 5.24. The number of phenolic OH excluding ortho intramolecular Hbond substituents is 2. The molecule has 0 aromatic heterocycles. The van der Waals surface area contributed by atoms with E-state index in [1.165, 1.54) is 5.56 Å². The normalized spacial score (nSPS) is 13.1. The van der Waals surface area contributed by atoms with E-state index in [2.05, 4.69) is 40.0 Å². The van der Waals surface area contributed by atoms with Crippen molar-refractivity contribution in [3.8, 4) is 22.6 Å². The zero-order chi connectivity index (χ0) is 20.0. The Hall–Kier alpha value is -2.48. The van der Waals surface area contributed by atoms with Crippen molar-refractivity contribution >= 4 is 0 Å². The van der Waals surface area contributed by atoms with Gasteiger partial charge in [-0.15, -0.1) is 13.2 Å². The van der Waals surface area contributed by atoms with Crippen LogP contribution in [0.5, 0.6) is 11.5 Å². The molecule has 0 aliphatic carbocycles. The van der Waals surface area contributed by atoms with Gasteiger partial charge in [0.15, 0.2) is 0 Å². The zero-order valence-corrected chi connectivity index (χ0v) is 16.8. The van der Waals surface area contributed by atoms with Crippen molar-refractivity contribution < 1.29 is 10.2 Å². The fourth-order valence-electron chi connectivity index (χ4n) is 3.88. The molecule has 2 rings (SSSR count). The molecule has 0 bridgehead atoms. The molecule has 27 heavy (non-hydrogen) atoms. The first-order chi connectivity index (χ1) is 13.0. The van der Waals surface area contributed by atoms with Crippen molar-refractivity contribution in [2.45, 2.75) is 58.3 Å². The lowest BCUT2D eigenvalue weighted by Crippen LogP contribution is -2.03. The summed E-state index contributed by atoms with van der Waals surface area (Å²) < 4.78 is 0. The van der Waals surface area contributed by atoms with Crippen LogP contribution in [0.3, 0.4) is 0 Å². The number of benzene rings is 2. The molecule has 2 nitrogen and oxygen atoms in total. The Kier molecular flexibility index (Phi) is 7.29. The van der Waals surface area contributed by atoms with Crippen molar-refractivity contribution in [1.82, 2.24) is 0 Å². The van der Waals surface area contributed by atoms with Gasteiger partial charge in [-0.3, -0.25) is 0 Å². The summed E-state index contributed by atoms with van der Waals surface area (Å²) in [6.07, 6.45) is 7.47. The monoisotopic (exact) mass is 364 g/mol. The largest absolute Gasteiger partial charge is 0.508 e. The summed E-state index contributed by atoms with van der Waals surface area (Å²) in [5.74, 6) is 0.886. The van der Waals surface area contributed by atoms with Gasteiger partial charge in [0.25, 0.3) is 0 Å². The number of hydrogen-bond acceptors (Lipinski definition) is 2. The van der Waals surface area contributed by atoms with Gasteiger partial charge in [-0.1, -0.05) is 51.5 Å². The number of allylic oxidation sites excluding steroid dienone is 2. The lowest BCUT2D eigenvalue weighted by Gasteiger charge is -2.22. The summed E-state index contributed by atoms with van der Waals surface area (Å²) in [4.78, 5) is 0. The minimum Gasteiger partial charge on any atom is -0.508 e. The van der Waals surface area contributed by atoms with E-state index in [0.29, 0.717) is 11.5 Å². The summed E-state index contributed by atoms with van der Waals surface area (Å²) in [7, 11) is 0. The van der Waals surface area contributed by atoms with Gasteiger partial charge in [0, 0.05) is 23.0 Å². The number of phenols is 2. The highest BCUT2D eigenvalue weighted by atomic mass is 16.3. The first kappa shape index (κ1) is 20.8. The highest BCUT2D eigenvalue weighted by Crippen LogP contribution is 2.40. The average Bonchev–Trinajstić information content (AvgIpc) is 2.67. The summed E-state index contributed by atoms with van der Waals surface area (Å²) in [6.45, 7) is 14.2. The topological polar surface area (TPSA) is 40.5 Å². The summed E-state index contributed by atoms with van der Waals surface area (Å²) in [6, 6.07) is 9.57. The van der Waals surface area contributed by atoms with E-state index in [0.717, 1.165) is 47.9 Å². The van der Waals surface area contributed by atoms with Crippen LogP contribution in [0, 0.1) is 0 Å². The maximum atomic E-state index is 10.6. The smallest absolute Gasteiger partial charge is 0.119 e. The molecule has 0 radical (unpaired) electrons. The SMILES string of the molecule is C=CC(CC)c1cc(-c2ccc(O)c(C(C=C)CC)c2CCC)ccc1O. The lowest BCUT2D eigenvalue weighted by atomic mass is 9.83. The van der Waals surface area contributed by atoms with E-state index in [1.54, 1.807) is 12.1 Å². The molecule has 2 heteroatoms. The second-order valence-corrected chi connectivity index (χ2v) is 7.05. The molecule has 0 saturated carbocycles. The highest BCUT2D eigenvalue weighted by molar-refractivity contribution is 5.73. The number of rotatable bonds is 9. The predicted octanol–water partition coefficient (Wildman–Crippen LogP) is 7.08. The Bertz CT molecular complexity index is 804. The quantitative estimate of drug-likeness (QED) is 0.467. The van der Waals surface area contributed by atoms with Gasteiger partial charge in [-0.25, -0.2) is 0 Å². The van der Waals surface area contributed by atoms with E-state index in [9.17, 15) is 10.2 Å². The van der Waals surface area contributed by atoms with Crippen molar-refractivity contribution in [2.24, 2.45) is 0 Å². The molecule has 0 saturated heterocycles. The molecule has 2 atom stereocenters. The van der Waals surface area contributed by atoms with E-state index in [4.69, 9.17) is 0 Å². The molecule has 0 fully saturated rings. The van der Waals surface area contributed by atoms with Crippen LogP contribution in [-0.2, 0) is 6.42 Å². The molecule has 2 aromatic carbocycles. The van der Waals surface area contributed by atoms with Crippen molar-refractivity contribution in [3.63, 3.8) is 0 Å². The highest BCUT2D eigenvalue weighted by Gasteiger charge is 2.20. The van der Waals surface area contributed by atoms with Gasteiger partial charge >= 0.3 is 0 Å². The average molecular weight is 365 g/mol. The van der Waals surface area contributed by atoms with Crippen molar-refractivity contribution in [2.75, 3.05) is 0 Å². The van der Waals surface area contributed by atoms with Crippen molar-refractivity contribution in [3.05, 3.63) is 72.3 Å². The molecule has 0 heterocycles. The van der Waals surface area contributed by atoms with Gasteiger partial charge < -0.3 is 10.2 Å². The Morgan fingerprint density at radius 2 is 1.52 bits per heavy atom. The zero-order valence-electron chi connectivity index (χ0n) is 16.8. The van der Waals surface area contributed by atoms with Crippen LogP contribution in [0.15, 0.2) is 55.6 Å². The molecule has 2 N–H and O–H groups in total. The molecular formula is C25H32O2. The second-order valence-electron chi connectivity index (χ2n) is 7.05. The van der Waals surface area contributed by atoms with E-state index in [1.807, 2.05) is 24.3 Å². The van der Waals surface area contributed by atoms with Crippen LogP contribution in [0.25, 0.3) is 11.1 Å². The number of aromatic hydroxyl groups is 2. The fraction of sp³-hybridized carbons (Fsp3) is 0.360. The summed E-state index contributed by atoms with van der Waals surface area (Å²) >= 11 is 0. The molecule has 0 amide bonds. The Labute approximate surface area is 163 Å². The van der Waals surface area contributed by atoms with E-state index < -0.39 is 0 Å². The van der Waals surface area contributed by atoms with E-state index in [-0.39, 0.29) is 11.8 Å². The van der Waals surface area contributed by atoms with Crippen LogP contribution in [-0.4, -0.2) is 10.2 Å². The first-order valence-corrected chi connectivity index (χ1v) is 9.95. The Morgan fingerprint density at radius 1 is 0.889 bits per heavy atom. The fourth-order valence-corrected chi connectivity index (χ4v) is 3.88. The molecule has 0 spiro atoms. The molecule has 2 aromatic rings. The summed E-state index contributed by atoms with van der Waals surface area (Å²) in [5, 5.41) is 20.9. The van der Waals surface area contributed by atoms with Crippen LogP contribution in [0.1, 0.15) is 68.6 Å². The van der Waals surface area contributed by atoms with Gasteiger partial charge in [0.2, 0.25) is 0 Å². The predicted molar refractivity (Wildman–Crippen MR) is 116 cm³/mol. The van der Waals surface area contributed by atoms with Gasteiger partial charge in [0.05, 0.1) is 0 Å². The van der Waals surface area contributed by atoms with Crippen LogP contribution >= 0.6 is 0 Å².